The second-order valence-corrected chi connectivity index (χ2v) is 3.05. The van der Waals surface area contributed by atoms with Crippen LogP contribution in [0.15, 0.2) is 30.3 Å². The fourth-order valence-electron chi connectivity index (χ4n) is 0.866. The van der Waals surface area contributed by atoms with Crippen LogP contribution in [-0.4, -0.2) is 6.04 Å². The van der Waals surface area contributed by atoms with Gasteiger partial charge in [-0.3, -0.25) is 4.84 Å². The summed E-state index contributed by atoms with van der Waals surface area (Å²) >= 11 is 0. The molecule has 0 atom stereocenters. The molecule has 0 saturated heterocycles. The van der Waals surface area contributed by atoms with Gasteiger partial charge < -0.3 is 0 Å². The van der Waals surface area contributed by atoms with Crippen molar-refractivity contribution < 1.29 is 4.84 Å². The van der Waals surface area contributed by atoms with Crippen LogP contribution in [0, 0.1) is 0 Å². The van der Waals surface area contributed by atoms with Gasteiger partial charge in [0.15, 0.2) is 0 Å². The molecule has 0 unspecified atom stereocenters. The molecular formula is C10H15NO. The summed E-state index contributed by atoms with van der Waals surface area (Å²) in [6.45, 7) is 4.72. The van der Waals surface area contributed by atoms with E-state index in [2.05, 4.69) is 5.48 Å². The third-order valence-electron chi connectivity index (χ3n) is 1.40. The fraction of sp³-hybridized carbons (Fsp3) is 0.400. The Balaban J connectivity index is 2.25. The Morgan fingerprint density at radius 2 is 1.92 bits per heavy atom. The molecule has 0 aliphatic carbocycles. The van der Waals surface area contributed by atoms with Gasteiger partial charge in [-0.15, -0.1) is 0 Å². The lowest BCUT2D eigenvalue weighted by Crippen LogP contribution is -2.22. The molecule has 66 valence electrons. The van der Waals surface area contributed by atoms with Gasteiger partial charge in [0.1, 0.15) is 0 Å². The molecule has 2 nitrogen and oxygen atoms in total. The topological polar surface area (TPSA) is 21.3 Å². The highest BCUT2D eigenvalue weighted by molar-refractivity contribution is 5.13. The van der Waals surface area contributed by atoms with Crippen LogP contribution in [0.5, 0.6) is 0 Å². The van der Waals surface area contributed by atoms with E-state index >= 15 is 0 Å². The first kappa shape index (κ1) is 9.23. The van der Waals surface area contributed by atoms with Gasteiger partial charge in [0.25, 0.3) is 0 Å². The zero-order valence-electron chi connectivity index (χ0n) is 7.58. The SMILES string of the molecule is CC(C)NOCc1ccccc1. The van der Waals surface area contributed by atoms with Gasteiger partial charge in [0.2, 0.25) is 0 Å². The highest BCUT2D eigenvalue weighted by Crippen LogP contribution is 1.98. The molecule has 0 fully saturated rings. The minimum atomic E-state index is 0.369. The summed E-state index contributed by atoms with van der Waals surface area (Å²) in [6.07, 6.45) is 0. The minimum absolute atomic E-state index is 0.369. The number of rotatable bonds is 4. The average Bonchev–Trinajstić information content (AvgIpc) is 2.05. The molecule has 0 radical (unpaired) electrons. The van der Waals surface area contributed by atoms with Crippen LogP contribution < -0.4 is 5.48 Å². The highest BCUT2D eigenvalue weighted by atomic mass is 16.6. The summed E-state index contributed by atoms with van der Waals surface area (Å²) < 4.78 is 0. The summed E-state index contributed by atoms with van der Waals surface area (Å²) in [6, 6.07) is 10.5. The zero-order chi connectivity index (χ0) is 8.81. The van der Waals surface area contributed by atoms with Gasteiger partial charge in [-0.1, -0.05) is 30.3 Å². The number of benzene rings is 1. The van der Waals surface area contributed by atoms with Crippen molar-refractivity contribution in [2.45, 2.75) is 26.5 Å². The molecular weight excluding hydrogens is 150 g/mol. The van der Waals surface area contributed by atoms with Crippen LogP contribution in [-0.2, 0) is 11.4 Å². The molecule has 0 saturated carbocycles. The van der Waals surface area contributed by atoms with E-state index in [9.17, 15) is 0 Å². The monoisotopic (exact) mass is 165 g/mol. The van der Waals surface area contributed by atoms with Crippen LogP contribution in [0.2, 0.25) is 0 Å². The molecule has 12 heavy (non-hydrogen) atoms. The highest BCUT2D eigenvalue weighted by Gasteiger charge is 1.92. The zero-order valence-corrected chi connectivity index (χ0v) is 7.58. The summed E-state index contributed by atoms with van der Waals surface area (Å²) in [5, 5.41) is 0. The average molecular weight is 165 g/mol. The Morgan fingerprint density at radius 3 is 2.50 bits per heavy atom. The van der Waals surface area contributed by atoms with Crippen molar-refractivity contribution in [3.8, 4) is 0 Å². The Hall–Kier alpha value is -0.860. The Labute approximate surface area is 73.5 Å². The molecule has 0 aromatic heterocycles. The Bertz CT molecular complexity index is 208. The van der Waals surface area contributed by atoms with Gasteiger partial charge in [-0.2, -0.15) is 5.48 Å². The van der Waals surface area contributed by atoms with E-state index in [-0.39, 0.29) is 0 Å². The van der Waals surface area contributed by atoms with Crippen molar-refractivity contribution in [1.82, 2.24) is 5.48 Å². The first-order valence-electron chi connectivity index (χ1n) is 4.20. The van der Waals surface area contributed by atoms with Crippen LogP contribution >= 0.6 is 0 Å². The maximum absolute atomic E-state index is 5.23. The standard InChI is InChI=1S/C10H15NO/c1-9(2)11-12-8-10-6-4-3-5-7-10/h3-7,9,11H,8H2,1-2H3. The van der Waals surface area contributed by atoms with Crippen LogP contribution in [0.25, 0.3) is 0 Å². The molecule has 0 heterocycles. The first-order chi connectivity index (χ1) is 5.79. The smallest absolute Gasteiger partial charge is 0.0933 e. The normalized spacial score (nSPS) is 10.6. The van der Waals surface area contributed by atoms with Gasteiger partial charge in [-0.05, 0) is 19.4 Å². The molecule has 1 N–H and O–H groups in total. The van der Waals surface area contributed by atoms with Gasteiger partial charge in [-0.25, -0.2) is 0 Å². The Kier molecular flexibility index (Phi) is 3.77. The van der Waals surface area contributed by atoms with Gasteiger partial charge in [0.05, 0.1) is 6.61 Å². The van der Waals surface area contributed by atoms with Crippen molar-refractivity contribution in [1.29, 1.82) is 0 Å². The third kappa shape index (κ3) is 3.51. The third-order valence-corrected chi connectivity index (χ3v) is 1.40. The maximum atomic E-state index is 5.23. The largest absolute Gasteiger partial charge is 0.297 e. The van der Waals surface area contributed by atoms with E-state index in [4.69, 9.17) is 4.84 Å². The van der Waals surface area contributed by atoms with Crippen molar-refractivity contribution in [3.05, 3.63) is 35.9 Å². The lowest BCUT2D eigenvalue weighted by Gasteiger charge is -2.07. The van der Waals surface area contributed by atoms with Crippen molar-refractivity contribution >= 4 is 0 Å². The van der Waals surface area contributed by atoms with Gasteiger partial charge >= 0.3 is 0 Å². The summed E-state index contributed by atoms with van der Waals surface area (Å²) in [7, 11) is 0. The second-order valence-electron chi connectivity index (χ2n) is 3.05. The second kappa shape index (κ2) is 4.91. The number of nitrogens with one attached hydrogen (secondary N) is 1. The van der Waals surface area contributed by atoms with E-state index in [1.165, 1.54) is 5.56 Å². The molecule has 1 rings (SSSR count). The number of hydroxylamine groups is 1. The van der Waals surface area contributed by atoms with E-state index in [0.717, 1.165) is 0 Å². The lowest BCUT2D eigenvalue weighted by molar-refractivity contribution is 0.0114. The molecule has 0 bridgehead atoms. The molecule has 0 spiro atoms. The molecule has 0 aliphatic heterocycles. The van der Waals surface area contributed by atoms with E-state index in [1.54, 1.807) is 0 Å². The van der Waals surface area contributed by atoms with Gasteiger partial charge in [0, 0.05) is 6.04 Å². The van der Waals surface area contributed by atoms with Crippen LogP contribution in [0.4, 0.5) is 0 Å². The van der Waals surface area contributed by atoms with Crippen LogP contribution in [0.1, 0.15) is 19.4 Å². The molecule has 1 aromatic rings. The van der Waals surface area contributed by atoms with Crippen molar-refractivity contribution in [3.63, 3.8) is 0 Å². The maximum Gasteiger partial charge on any atom is 0.0933 e. The van der Waals surface area contributed by atoms with E-state index in [1.807, 2.05) is 44.2 Å². The van der Waals surface area contributed by atoms with E-state index < -0.39 is 0 Å². The predicted octanol–water partition coefficient (Wildman–Crippen LogP) is 2.12. The lowest BCUT2D eigenvalue weighted by atomic mass is 10.2. The number of hydrogen-bond donors (Lipinski definition) is 1. The molecule has 0 aliphatic rings. The van der Waals surface area contributed by atoms with Crippen molar-refractivity contribution in [2.75, 3.05) is 0 Å². The molecule has 0 amide bonds. The minimum Gasteiger partial charge on any atom is -0.297 e. The Morgan fingerprint density at radius 1 is 1.25 bits per heavy atom. The number of hydrogen-bond acceptors (Lipinski definition) is 2. The predicted molar refractivity (Wildman–Crippen MR) is 49.5 cm³/mol. The first-order valence-corrected chi connectivity index (χ1v) is 4.20. The molecule has 2 heteroatoms. The quantitative estimate of drug-likeness (QED) is 0.690. The van der Waals surface area contributed by atoms with Crippen molar-refractivity contribution in [2.24, 2.45) is 0 Å². The summed E-state index contributed by atoms with van der Waals surface area (Å²) in [4.78, 5) is 5.23. The summed E-state index contributed by atoms with van der Waals surface area (Å²) in [5.74, 6) is 0. The summed E-state index contributed by atoms with van der Waals surface area (Å²) in [5.41, 5.74) is 4.08. The fourth-order valence-corrected chi connectivity index (χ4v) is 0.866. The molecule has 1 aromatic carbocycles. The van der Waals surface area contributed by atoms with Crippen LogP contribution in [0.3, 0.4) is 0 Å². The van der Waals surface area contributed by atoms with E-state index in [0.29, 0.717) is 12.6 Å².